The second-order valence-electron chi connectivity index (χ2n) is 4.22. The van der Waals surface area contributed by atoms with Crippen LogP contribution in [0.25, 0.3) is 0 Å². The van der Waals surface area contributed by atoms with Gasteiger partial charge in [0.25, 0.3) is 0 Å². The number of carbonyl (C=O) groups excluding carboxylic acids is 2. The quantitative estimate of drug-likeness (QED) is 0.821. The Balaban J connectivity index is 1.96. The summed E-state index contributed by atoms with van der Waals surface area (Å²) in [5, 5.41) is 3.11. The van der Waals surface area contributed by atoms with Gasteiger partial charge in [0.1, 0.15) is 0 Å². The molecule has 1 atom stereocenters. The summed E-state index contributed by atoms with van der Waals surface area (Å²) in [5.41, 5.74) is 1.16. The van der Waals surface area contributed by atoms with E-state index in [1.165, 1.54) is 6.92 Å². The van der Waals surface area contributed by atoms with Crippen LogP contribution in [0.4, 0.5) is 0 Å². The molecule has 1 amide bonds. The van der Waals surface area contributed by atoms with Crippen molar-refractivity contribution in [3.8, 4) is 0 Å². The Labute approximate surface area is 105 Å². The highest BCUT2D eigenvalue weighted by atomic mass is 32.2. The monoisotopic (exact) mass is 252 g/mol. The van der Waals surface area contributed by atoms with Gasteiger partial charge in [0, 0.05) is 37.5 Å². The minimum atomic E-state index is 0.00155. The topological polar surface area (TPSA) is 49.4 Å². The van der Waals surface area contributed by atoms with Gasteiger partial charge in [0.2, 0.25) is 5.91 Å². The molecule has 0 aromatic carbocycles. The van der Waals surface area contributed by atoms with Gasteiger partial charge in [-0.2, -0.15) is 0 Å². The molecular formula is C12H16N2O2S. The van der Waals surface area contributed by atoms with Gasteiger partial charge in [-0.05, 0) is 12.5 Å². The molecule has 0 radical (unpaired) electrons. The number of hydrogen-bond acceptors (Lipinski definition) is 4. The van der Waals surface area contributed by atoms with Crippen LogP contribution < -0.4 is 5.32 Å². The summed E-state index contributed by atoms with van der Waals surface area (Å²) < 4.78 is 0. The van der Waals surface area contributed by atoms with Gasteiger partial charge in [-0.25, -0.2) is 0 Å². The first-order valence-corrected chi connectivity index (χ1v) is 6.55. The Morgan fingerprint density at radius 3 is 3.12 bits per heavy atom. The number of amides is 1. The molecule has 1 aliphatic heterocycles. The zero-order valence-electron chi connectivity index (χ0n) is 10.0. The van der Waals surface area contributed by atoms with Crippen LogP contribution in [0.15, 0.2) is 22.8 Å². The van der Waals surface area contributed by atoms with Crippen LogP contribution in [0.3, 0.4) is 0 Å². The summed E-state index contributed by atoms with van der Waals surface area (Å²) in [6.07, 6.45) is 5.10. The van der Waals surface area contributed by atoms with E-state index in [4.69, 9.17) is 0 Å². The van der Waals surface area contributed by atoms with Gasteiger partial charge in [-0.1, -0.05) is 17.8 Å². The third kappa shape index (κ3) is 2.72. The summed E-state index contributed by atoms with van der Waals surface area (Å²) in [5.74, 6) is 0.175. The molecular weight excluding hydrogens is 236 g/mol. The number of fused-ring (bicyclic) bond motifs is 1. The van der Waals surface area contributed by atoms with E-state index in [2.05, 4.69) is 10.2 Å². The second kappa shape index (κ2) is 4.96. The molecule has 0 aromatic rings. The SMILES string of the molecule is CC(=O)NCCC1SC2=CC(=O)CC=C2N1C. The van der Waals surface area contributed by atoms with E-state index in [1.54, 1.807) is 17.8 Å². The van der Waals surface area contributed by atoms with Crippen molar-refractivity contribution in [2.24, 2.45) is 0 Å². The standard InChI is InChI=1S/C12H16N2O2S/c1-8(15)13-6-5-12-14(2)10-4-3-9(16)7-11(10)17-12/h4,7,12H,3,5-6H2,1-2H3,(H,13,15). The normalized spacial score (nSPS) is 23.1. The molecule has 1 heterocycles. The minimum Gasteiger partial charge on any atom is -0.362 e. The molecule has 1 unspecified atom stereocenters. The second-order valence-corrected chi connectivity index (χ2v) is 5.44. The molecule has 0 bridgehead atoms. The third-order valence-electron chi connectivity index (χ3n) is 2.88. The van der Waals surface area contributed by atoms with Crippen molar-refractivity contribution in [1.29, 1.82) is 0 Å². The van der Waals surface area contributed by atoms with E-state index in [1.807, 2.05) is 13.1 Å². The number of nitrogens with zero attached hydrogens (tertiary/aromatic N) is 1. The molecule has 2 rings (SSSR count). The van der Waals surface area contributed by atoms with E-state index in [0.29, 0.717) is 18.3 Å². The van der Waals surface area contributed by atoms with Crippen molar-refractivity contribution >= 4 is 23.5 Å². The lowest BCUT2D eigenvalue weighted by Crippen LogP contribution is -2.29. The number of carbonyl (C=O) groups is 2. The molecule has 2 aliphatic rings. The van der Waals surface area contributed by atoms with Crippen molar-refractivity contribution in [3.63, 3.8) is 0 Å². The smallest absolute Gasteiger partial charge is 0.216 e. The fraction of sp³-hybridized carbons (Fsp3) is 0.500. The third-order valence-corrected chi connectivity index (χ3v) is 4.29. The van der Waals surface area contributed by atoms with Crippen molar-refractivity contribution in [3.05, 3.63) is 22.8 Å². The molecule has 1 saturated heterocycles. The van der Waals surface area contributed by atoms with Gasteiger partial charge in [-0.3, -0.25) is 9.59 Å². The van der Waals surface area contributed by atoms with Gasteiger partial charge in [0.05, 0.1) is 5.37 Å². The van der Waals surface area contributed by atoms with Crippen LogP contribution >= 0.6 is 11.8 Å². The van der Waals surface area contributed by atoms with Gasteiger partial charge in [0.15, 0.2) is 5.78 Å². The Morgan fingerprint density at radius 2 is 2.41 bits per heavy atom. The number of rotatable bonds is 3. The highest BCUT2D eigenvalue weighted by Crippen LogP contribution is 2.43. The van der Waals surface area contributed by atoms with Crippen LogP contribution in [0.5, 0.6) is 0 Å². The number of nitrogens with one attached hydrogen (secondary N) is 1. The molecule has 5 heteroatoms. The number of thioether (sulfide) groups is 1. The largest absolute Gasteiger partial charge is 0.362 e. The van der Waals surface area contributed by atoms with E-state index in [9.17, 15) is 9.59 Å². The summed E-state index contributed by atoms with van der Waals surface area (Å²) >= 11 is 1.70. The first kappa shape index (κ1) is 12.2. The maximum atomic E-state index is 11.3. The number of likely N-dealkylation sites (N-methyl/N-ethyl adjacent to an activating group) is 1. The molecule has 0 saturated carbocycles. The van der Waals surface area contributed by atoms with Gasteiger partial charge < -0.3 is 10.2 Å². The van der Waals surface area contributed by atoms with Crippen molar-refractivity contribution in [1.82, 2.24) is 10.2 Å². The summed E-state index contributed by atoms with van der Waals surface area (Å²) in [7, 11) is 2.04. The predicted molar refractivity (Wildman–Crippen MR) is 68.2 cm³/mol. The lowest BCUT2D eigenvalue weighted by Gasteiger charge is -2.21. The molecule has 4 nitrogen and oxygen atoms in total. The maximum Gasteiger partial charge on any atom is 0.216 e. The molecule has 17 heavy (non-hydrogen) atoms. The first-order valence-electron chi connectivity index (χ1n) is 5.67. The average Bonchev–Trinajstić information content (AvgIpc) is 2.55. The molecule has 1 N–H and O–H groups in total. The fourth-order valence-electron chi connectivity index (χ4n) is 1.99. The van der Waals surface area contributed by atoms with Crippen molar-refractivity contribution in [2.75, 3.05) is 13.6 Å². The van der Waals surface area contributed by atoms with Crippen LogP contribution in [-0.2, 0) is 9.59 Å². The number of allylic oxidation sites excluding steroid dienone is 2. The summed E-state index contributed by atoms with van der Waals surface area (Å²) in [4.78, 5) is 25.4. The van der Waals surface area contributed by atoms with Crippen LogP contribution in [0.1, 0.15) is 19.8 Å². The summed E-state index contributed by atoms with van der Waals surface area (Å²) in [6, 6.07) is 0. The lowest BCUT2D eigenvalue weighted by molar-refractivity contribution is -0.119. The fourth-order valence-corrected chi connectivity index (χ4v) is 3.34. The highest BCUT2D eigenvalue weighted by Gasteiger charge is 2.31. The number of ketones is 1. The Kier molecular flexibility index (Phi) is 3.57. The molecule has 92 valence electrons. The van der Waals surface area contributed by atoms with Crippen molar-refractivity contribution in [2.45, 2.75) is 25.1 Å². The van der Waals surface area contributed by atoms with E-state index < -0.39 is 0 Å². The Morgan fingerprint density at radius 1 is 1.65 bits per heavy atom. The van der Waals surface area contributed by atoms with Crippen LogP contribution in [-0.4, -0.2) is 35.6 Å². The summed E-state index contributed by atoms with van der Waals surface area (Å²) in [6.45, 7) is 2.20. The first-order chi connectivity index (χ1) is 8.08. The molecule has 0 aromatic heterocycles. The van der Waals surface area contributed by atoms with Gasteiger partial charge >= 0.3 is 0 Å². The van der Waals surface area contributed by atoms with Crippen LogP contribution in [0.2, 0.25) is 0 Å². The zero-order chi connectivity index (χ0) is 12.4. The van der Waals surface area contributed by atoms with E-state index in [-0.39, 0.29) is 11.7 Å². The van der Waals surface area contributed by atoms with Crippen LogP contribution in [0, 0.1) is 0 Å². The van der Waals surface area contributed by atoms with Gasteiger partial charge in [-0.15, -0.1) is 0 Å². The van der Waals surface area contributed by atoms with E-state index in [0.717, 1.165) is 17.0 Å². The molecule has 1 fully saturated rings. The highest BCUT2D eigenvalue weighted by molar-refractivity contribution is 8.04. The average molecular weight is 252 g/mol. The maximum absolute atomic E-state index is 11.3. The Bertz CT molecular complexity index is 415. The van der Waals surface area contributed by atoms with Crippen molar-refractivity contribution < 1.29 is 9.59 Å². The number of hydrogen-bond donors (Lipinski definition) is 1. The molecule has 0 spiro atoms. The predicted octanol–water partition coefficient (Wildman–Crippen LogP) is 1.26. The minimum absolute atomic E-state index is 0.00155. The van der Waals surface area contributed by atoms with E-state index >= 15 is 0 Å². The zero-order valence-corrected chi connectivity index (χ0v) is 10.8. The Hall–Kier alpha value is -1.23. The lowest BCUT2D eigenvalue weighted by atomic mass is 10.1. The molecule has 1 aliphatic carbocycles.